The van der Waals surface area contributed by atoms with E-state index in [-0.39, 0.29) is 16.7 Å². The largest absolute Gasteiger partial charge is 0.507 e. The molecule has 0 spiro atoms. The summed E-state index contributed by atoms with van der Waals surface area (Å²) in [7, 11) is 0. The molecule has 6 heteroatoms. The van der Waals surface area contributed by atoms with Crippen molar-refractivity contribution in [1.29, 1.82) is 0 Å². The third kappa shape index (κ3) is 12.2. The van der Waals surface area contributed by atoms with Crippen LogP contribution in [0, 0.1) is 11.3 Å². The van der Waals surface area contributed by atoms with Crippen LogP contribution in [0.2, 0.25) is 0 Å². The van der Waals surface area contributed by atoms with Crippen LogP contribution in [0.15, 0.2) is 42.5 Å². The number of aromatic hydroxyl groups is 1. The lowest BCUT2D eigenvalue weighted by Gasteiger charge is -2.28. The molecule has 2 aromatic carbocycles. The summed E-state index contributed by atoms with van der Waals surface area (Å²) in [5, 5.41) is 26.9. The van der Waals surface area contributed by atoms with E-state index in [9.17, 15) is 14.7 Å². The maximum atomic E-state index is 11.6. The van der Waals surface area contributed by atoms with Crippen molar-refractivity contribution < 1.29 is 29.6 Å². The summed E-state index contributed by atoms with van der Waals surface area (Å²) in [6, 6.07) is 11.3. The second-order valence-corrected chi connectivity index (χ2v) is 10.6. The first-order valence-corrected chi connectivity index (χ1v) is 13.5. The Morgan fingerprint density at radius 2 is 1.54 bits per heavy atom. The predicted octanol–water partition coefficient (Wildman–Crippen LogP) is 8.22. The van der Waals surface area contributed by atoms with Gasteiger partial charge in [-0.15, -0.1) is 0 Å². The van der Waals surface area contributed by atoms with Gasteiger partial charge in [-0.2, -0.15) is 0 Å². The molecule has 0 aliphatic carbocycles. The summed E-state index contributed by atoms with van der Waals surface area (Å²) in [5.74, 6) is -0.909. The van der Waals surface area contributed by atoms with Crippen LogP contribution in [-0.4, -0.2) is 33.9 Å². The number of phenols is 1. The Hall–Kier alpha value is -3.02. The summed E-state index contributed by atoms with van der Waals surface area (Å²) < 4.78 is 5.98. The van der Waals surface area contributed by atoms with Crippen LogP contribution in [0.4, 0.5) is 0 Å². The molecule has 0 amide bonds. The van der Waals surface area contributed by atoms with E-state index in [1.165, 1.54) is 44.2 Å². The molecule has 206 valence electrons. The highest BCUT2D eigenvalue weighted by Gasteiger charge is 2.23. The number of hydrogen-bond donors (Lipinski definition) is 3. The zero-order chi connectivity index (χ0) is 27.8. The number of ether oxygens (including phenoxy) is 1. The average Bonchev–Trinajstić information content (AvgIpc) is 2.83. The lowest BCUT2D eigenvalue weighted by molar-refractivity contribution is 0.0681. The molecule has 37 heavy (non-hydrogen) atoms. The van der Waals surface area contributed by atoms with Gasteiger partial charge in [0.05, 0.1) is 6.61 Å². The number of rotatable bonds is 15. The highest BCUT2D eigenvalue weighted by molar-refractivity contribution is 5.91. The van der Waals surface area contributed by atoms with Gasteiger partial charge in [-0.1, -0.05) is 91.0 Å². The summed E-state index contributed by atoms with van der Waals surface area (Å²) in [6.07, 6.45) is 10.1. The smallest absolute Gasteiger partial charge is 0.339 e. The van der Waals surface area contributed by atoms with E-state index < -0.39 is 11.9 Å². The Labute approximate surface area is 222 Å². The van der Waals surface area contributed by atoms with E-state index in [1.54, 1.807) is 18.2 Å². The molecule has 0 aromatic heterocycles. The van der Waals surface area contributed by atoms with E-state index in [0.29, 0.717) is 17.9 Å². The zero-order valence-corrected chi connectivity index (χ0v) is 23.3. The van der Waals surface area contributed by atoms with Gasteiger partial charge in [0.25, 0.3) is 0 Å². The van der Waals surface area contributed by atoms with Crippen molar-refractivity contribution in [3.8, 4) is 11.5 Å². The van der Waals surface area contributed by atoms with E-state index in [2.05, 4.69) is 34.6 Å². The minimum Gasteiger partial charge on any atom is -0.507 e. The van der Waals surface area contributed by atoms with Gasteiger partial charge in [-0.3, -0.25) is 0 Å². The highest BCUT2D eigenvalue weighted by atomic mass is 16.5. The van der Waals surface area contributed by atoms with Crippen LogP contribution >= 0.6 is 0 Å². The van der Waals surface area contributed by atoms with Crippen molar-refractivity contribution in [3.63, 3.8) is 0 Å². The van der Waals surface area contributed by atoms with E-state index in [0.717, 1.165) is 37.2 Å². The molecule has 0 heterocycles. The summed E-state index contributed by atoms with van der Waals surface area (Å²) in [4.78, 5) is 21.9. The number of carboxylic acids is 2. The second-order valence-electron chi connectivity index (χ2n) is 10.6. The Morgan fingerprint density at radius 3 is 2.11 bits per heavy atom. The molecule has 0 fully saturated rings. The third-order valence-electron chi connectivity index (χ3n) is 6.46. The number of hydrogen-bond acceptors (Lipinski definition) is 4. The first kappa shape index (κ1) is 32.0. The van der Waals surface area contributed by atoms with Crippen LogP contribution < -0.4 is 4.74 Å². The van der Waals surface area contributed by atoms with E-state index in [1.807, 2.05) is 12.1 Å². The first-order chi connectivity index (χ1) is 17.5. The number of benzene rings is 2. The van der Waals surface area contributed by atoms with Gasteiger partial charge in [-0.05, 0) is 60.8 Å². The topological polar surface area (TPSA) is 104 Å². The number of unbranched alkanes of at least 4 members (excludes halogenated alkanes) is 3. The molecule has 0 aliphatic rings. The molecule has 2 rings (SSSR count). The monoisotopic (exact) mass is 514 g/mol. The molecule has 0 bridgehead atoms. The van der Waals surface area contributed by atoms with Gasteiger partial charge in [-0.25, -0.2) is 9.59 Å². The number of carboxylic acid groups (broad SMARTS) is 2. The molecule has 0 aliphatic heterocycles. The Kier molecular flexibility index (Phi) is 14.4. The van der Waals surface area contributed by atoms with Gasteiger partial charge < -0.3 is 20.1 Å². The van der Waals surface area contributed by atoms with Crippen molar-refractivity contribution in [2.24, 2.45) is 11.3 Å². The molecule has 0 radical (unpaired) electrons. The number of aryl methyl sites for hydroxylation is 1. The molecule has 3 N–H and O–H groups in total. The van der Waals surface area contributed by atoms with Crippen LogP contribution in [0.3, 0.4) is 0 Å². The standard InChI is InChI=1S/C24H40O3.C7H6O3/c1-6-8-9-10-17-27-22-20(13-11-14-21(22)23(25)26)15-16-24(4,5)18-19(3)12-7-2;8-6-4-2-1-3-5(6)7(9)10/h11,13-14,19H,6-10,12,15-18H2,1-5H3,(H,25,26);1-4,8H,(H,9,10). The van der Waals surface area contributed by atoms with E-state index >= 15 is 0 Å². The summed E-state index contributed by atoms with van der Waals surface area (Å²) in [5.41, 5.74) is 1.50. The van der Waals surface area contributed by atoms with Crippen LogP contribution in [-0.2, 0) is 6.42 Å². The van der Waals surface area contributed by atoms with Crippen molar-refractivity contribution >= 4 is 11.9 Å². The number of para-hydroxylation sites is 2. The maximum Gasteiger partial charge on any atom is 0.339 e. The molecular weight excluding hydrogens is 468 g/mol. The van der Waals surface area contributed by atoms with Crippen LogP contribution in [0.25, 0.3) is 0 Å². The maximum absolute atomic E-state index is 11.6. The molecular formula is C31H46O6. The fourth-order valence-corrected chi connectivity index (χ4v) is 4.59. The Balaban J connectivity index is 0.000000568. The molecule has 1 atom stereocenters. The zero-order valence-electron chi connectivity index (χ0n) is 23.3. The second kappa shape index (κ2) is 16.7. The molecule has 0 saturated heterocycles. The third-order valence-corrected chi connectivity index (χ3v) is 6.46. The summed E-state index contributed by atoms with van der Waals surface area (Å²) in [6.45, 7) is 12.0. The summed E-state index contributed by atoms with van der Waals surface area (Å²) >= 11 is 0. The minimum atomic E-state index is -1.11. The van der Waals surface area contributed by atoms with Crippen molar-refractivity contribution in [1.82, 2.24) is 0 Å². The minimum absolute atomic E-state index is 0.0671. The molecule has 2 aromatic rings. The number of carbonyl (C=O) groups is 2. The quantitative estimate of drug-likeness (QED) is 0.207. The molecule has 0 saturated carbocycles. The average molecular weight is 515 g/mol. The van der Waals surface area contributed by atoms with Crippen LogP contribution in [0.5, 0.6) is 11.5 Å². The Morgan fingerprint density at radius 1 is 0.892 bits per heavy atom. The fraction of sp³-hybridized carbons (Fsp3) is 0.548. The molecule has 1 unspecified atom stereocenters. The van der Waals surface area contributed by atoms with Crippen molar-refractivity contribution in [3.05, 3.63) is 59.2 Å². The van der Waals surface area contributed by atoms with Crippen molar-refractivity contribution in [2.45, 2.75) is 92.4 Å². The Bertz CT molecular complexity index is 966. The van der Waals surface area contributed by atoms with Crippen molar-refractivity contribution in [2.75, 3.05) is 6.61 Å². The fourth-order valence-electron chi connectivity index (χ4n) is 4.59. The van der Waals surface area contributed by atoms with Crippen LogP contribution in [0.1, 0.15) is 112 Å². The van der Waals surface area contributed by atoms with Gasteiger partial charge in [0, 0.05) is 0 Å². The highest BCUT2D eigenvalue weighted by Crippen LogP contribution is 2.35. The van der Waals surface area contributed by atoms with Gasteiger partial charge in [0.15, 0.2) is 0 Å². The lowest BCUT2D eigenvalue weighted by atomic mass is 9.77. The molecule has 6 nitrogen and oxygen atoms in total. The van der Waals surface area contributed by atoms with Gasteiger partial charge >= 0.3 is 11.9 Å². The van der Waals surface area contributed by atoms with E-state index in [4.69, 9.17) is 14.9 Å². The normalized spacial score (nSPS) is 11.8. The predicted molar refractivity (Wildman–Crippen MR) is 149 cm³/mol. The first-order valence-electron chi connectivity index (χ1n) is 13.5. The lowest BCUT2D eigenvalue weighted by Crippen LogP contribution is -2.17. The van der Waals surface area contributed by atoms with Gasteiger partial charge in [0.2, 0.25) is 0 Å². The SMILES string of the molecule is CCCCCCOc1c(CCC(C)(C)CC(C)CCC)cccc1C(=O)O.O=C(O)c1ccccc1O. The number of aromatic carboxylic acids is 2. The van der Waals surface area contributed by atoms with Gasteiger partial charge in [0.1, 0.15) is 22.6 Å².